The van der Waals surface area contributed by atoms with E-state index in [4.69, 9.17) is 0 Å². The Kier molecular flexibility index (Phi) is 2.96. The van der Waals surface area contributed by atoms with Crippen LogP contribution in [0.1, 0.15) is 6.42 Å². The van der Waals surface area contributed by atoms with Crippen LogP contribution in [0.25, 0.3) is 0 Å². The summed E-state index contributed by atoms with van der Waals surface area (Å²) in [5.74, 6) is -1.18. The summed E-state index contributed by atoms with van der Waals surface area (Å²) in [6.07, 6.45) is -1.01. The van der Waals surface area contributed by atoms with Crippen LogP contribution in [0.2, 0.25) is 0 Å². The Morgan fingerprint density at radius 1 is 1.35 bits per heavy atom. The quantitative estimate of drug-likeness (QED) is 0.533. The molecule has 2 heterocycles. The first-order valence-electron chi connectivity index (χ1n) is 5.25. The first-order chi connectivity index (χ1) is 7.80. The van der Waals surface area contributed by atoms with Crippen molar-refractivity contribution in [3.8, 4) is 0 Å². The molecule has 0 aromatic heterocycles. The molecule has 0 bridgehead atoms. The summed E-state index contributed by atoms with van der Waals surface area (Å²) in [5.41, 5.74) is 0. The number of sulfone groups is 1. The molecule has 7 nitrogen and oxygen atoms in total. The van der Waals surface area contributed by atoms with E-state index in [0.29, 0.717) is 0 Å². The Hall–Kier alpha value is -0.990. The van der Waals surface area contributed by atoms with Crippen molar-refractivity contribution in [3.63, 3.8) is 0 Å². The van der Waals surface area contributed by atoms with Crippen LogP contribution in [0, 0.1) is 0 Å². The molecule has 0 aromatic carbocycles. The Morgan fingerprint density at radius 3 is 2.41 bits per heavy atom. The molecule has 2 rings (SSSR count). The lowest BCUT2D eigenvalue weighted by Crippen LogP contribution is -2.48. The van der Waals surface area contributed by atoms with Crippen molar-refractivity contribution in [1.82, 2.24) is 10.2 Å². The number of amides is 2. The molecular formula is C9H14N2O5S. The second kappa shape index (κ2) is 4.04. The van der Waals surface area contributed by atoms with Gasteiger partial charge in [-0.1, -0.05) is 0 Å². The summed E-state index contributed by atoms with van der Waals surface area (Å²) in [5, 5.41) is 12.3. The molecule has 0 aromatic rings. The van der Waals surface area contributed by atoms with E-state index < -0.39 is 28.0 Å². The molecule has 0 saturated carbocycles. The molecular weight excluding hydrogens is 248 g/mol. The van der Waals surface area contributed by atoms with Gasteiger partial charge < -0.3 is 5.11 Å². The van der Waals surface area contributed by atoms with Crippen LogP contribution in [0.3, 0.4) is 0 Å². The molecule has 2 N–H and O–H groups in total. The third-order valence-corrected chi connectivity index (χ3v) is 4.84. The maximum absolute atomic E-state index is 11.6. The van der Waals surface area contributed by atoms with Crippen molar-refractivity contribution in [3.05, 3.63) is 0 Å². The molecule has 3 atom stereocenters. The minimum atomic E-state index is -3.25. The van der Waals surface area contributed by atoms with Crippen molar-refractivity contribution in [2.24, 2.45) is 0 Å². The molecule has 0 radical (unpaired) electrons. The third kappa shape index (κ3) is 2.33. The maximum Gasteiger partial charge on any atom is 0.246 e. The van der Waals surface area contributed by atoms with Crippen molar-refractivity contribution < 1.29 is 23.1 Å². The number of nitrogens with zero attached hydrogens (tertiary/aromatic N) is 1. The Morgan fingerprint density at radius 2 is 2.00 bits per heavy atom. The van der Waals surface area contributed by atoms with Gasteiger partial charge in [0.1, 0.15) is 0 Å². The van der Waals surface area contributed by atoms with Crippen LogP contribution in [-0.2, 0) is 19.4 Å². The zero-order valence-electron chi connectivity index (χ0n) is 9.29. The van der Waals surface area contributed by atoms with Crippen molar-refractivity contribution in [2.45, 2.75) is 24.6 Å². The van der Waals surface area contributed by atoms with E-state index in [2.05, 4.69) is 5.32 Å². The van der Waals surface area contributed by atoms with Crippen LogP contribution in [0.4, 0.5) is 0 Å². The number of likely N-dealkylation sites (N-methyl/N-ethyl adjacent to an activating group) is 1. The second-order valence-corrected chi connectivity index (χ2v) is 6.62. The highest BCUT2D eigenvalue weighted by atomic mass is 32.2. The van der Waals surface area contributed by atoms with Crippen LogP contribution in [0.5, 0.6) is 0 Å². The van der Waals surface area contributed by atoms with E-state index in [9.17, 15) is 23.1 Å². The molecule has 2 saturated heterocycles. The van der Waals surface area contributed by atoms with Crippen molar-refractivity contribution >= 4 is 21.7 Å². The molecule has 96 valence electrons. The van der Waals surface area contributed by atoms with E-state index in [1.54, 1.807) is 0 Å². The summed E-state index contributed by atoms with van der Waals surface area (Å²) in [6.45, 7) is 0. The van der Waals surface area contributed by atoms with Gasteiger partial charge in [0.15, 0.2) is 9.84 Å². The summed E-state index contributed by atoms with van der Waals surface area (Å²) in [6, 6.07) is -1.39. The minimum Gasteiger partial charge on any atom is -0.390 e. The molecule has 2 fully saturated rings. The van der Waals surface area contributed by atoms with Gasteiger partial charge >= 0.3 is 0 Å². The predicted octanol–water partition coefficient (Wildman–Crippen LogP) is -2.51. The van der Waals surface area contributed by atoms with Gasteiger partial charge in [-0.3, -0.25) is 19.8 Å². The number of aliphatic hydroxyl groups excluding tert-OH is 1. The fraction of sp³-hybridized carbons (Fsp3) is 0.778. The molecule has 2 aliphatic heterocycles. The summed E-state index contributed by atoms with van der Waals surface area (Å²) in [7, 11) is -1.87. The number of hydrogen-bond donors (Lipinski definition) is 2. The van der Waals surface area contributed by atoms with Crippen LogP contribution >= 0.6 is 0 Å². The zero-order chi connectivity index (χ0) is 12.8. The Bertz CT molecular complexity index is 460. The van der Waals surface area contributed by atoms with Gasteiger partial charge in [-0.05, 0) is 0 Å². The van der Waals surface area contributed by atoms with Gasteiger partial charge in [0.2, 0.25) is 11.8 Å². The molecule has 0 aliphatic carbocycles. The van der Waals surface area contributed by atoms with Crippen LogP contribution in [0.15, 0.2) is 0 Å². The van der Waals surface area contributed by atoms with E-state index in [0.717, 1.165) is 4.90 Å². The summed E-state index contributed by atoms with van der Waals surface area (Å²) < 4.78 is 22.5. The number of rotatable bonds is 2. The number of imide groups is 1. The fourth-order valence-corrected chi connectivity index (χ4v) is 3.89. The van der Waals surface area contributed by atoms with Gasteiger partial charge in [0.05, 0.1) is 30.1 Å². The van der Waals surface area contributed by atoms with Gasteiger partial charge in [0, 0.05) is 13.1 Å². The first kappa shape index (κ1) is 12.5. The second-order valence-electron chi connectivity index (χ2n) is 4.47. The molecule has 2 aliphatic rings. The molecule has 2 amide bonds. The van der Waals surface area contributed by atoms with E-state index in [1.807, 2.05) is 0 Å². The SMILES string of the molecule is CN1C(=O)CC(NC2CS(=O)(=O)CC2O)C1=O. The lowest BCUT2D eigenvalue weighted by atomic mass is 10.1. The number of carbonyl (C=O) groups excluding carboxylic acids is 2. The van der Waals surface area contributed by atoms with Crippen LogP contribution < -0.4 is 5.32 Å². The molecule has 17 heavy (non-hydrogen) atoms. The van der Waals surface area contributed by atoms with Gasteiger partial charge in [0.25, 0.3) is 0 Å². The summed E-state index contributed by atoms with van der Waals surface area (Å²) >= 11 is 0. The largest absolute Gasteiger partial charge is 0.390 e. The number of nitrogens with one attached hydrogen (secondary N) is 1. The number of likely N-dealkylation sites (tertiary alicyclic amines) is 1. The average Bonchev–Trinajstić information content (AvgIpc) is 2.59. The van der Waals surface area contributed by atoms with E-state index >= 15 is 0 Å². The topological polar surface area (TPSA) is 104 Å². The van der Waals surface area contributed by atoms with Gasteiger partial charge in [-0.2, -0.15) is 0 Å². The van der Waals surface area contributed by atoms with Crippen molar-refractivity contribution in [1.29, 1.82) is 0 Å². The smallest absolute Gasteiger partial charge is 0.246 e. The highest BCUT2D eigenvalue weighted by Gasteiger charge is 2.42. The monoisotopic (exact) mass is 262 g/mol. The molecule has 0 spiro atoms. The highest BCUT2D eigenvalue weighted by molar-refractivity contribution is 7.91. The van der Waals surface area contributed by atoms with E-state index in [-0.39, 0.29) is 29.7 Å². The number of hydrogen-bond acceptors (Lipinski definition) is 6. The standard InChI is InChI=1S/C9H14N2O5S/c1-11-8(13)2-5(9(11)14)10-6-3-17(15,16)4-7(6)12/h5-7,10,12H,2-4H2,1H3. The molecule has 3 unspecified atom stereocenters. The maximum atomic E-state index is 11.6. The highest BCUT2D eigenvalue weighted by Crippen LogP contribution is 2.17. The van der Waals surface area contributed by atoms with Crippen LogP contribution in [-0.4, -0.2) is 67.0 Å². The number of carbonyl (C=O) groups is 2. The first-order valence-corrected chi connectivity index (χ1v) is 7.07. The Labute approximate surface area is 98.7 Å². The molecule has 8 heteroatoms. The Balaban J connectivity index is 2.04. The minimum absolute atomic E-state index is 0.0125. The van der Waals surface area contributed by atoms with E-state index in [1.165, 1.54) is 7.05 Å². The lowest BCUT2D eigenvalue weighted by Gasteiger charge is -2.18. The van der Waals surface area contributed by atoms with Gasteiger partial charge in [-0.15, -0.1) is 0 Å². The lowest BCUT2D eigenvalue weighted by molar-refractivity contribution is -0.137. The predicted molar refractivity (Wildman–Crippen MR) is 57.8 cm³/mol. The zero-order valence-corrected chi connectivity index (χ0v) is 10.1. The van der Waals surface area contributed by atoms with Gasteiger partial charge in [-0.25, -0.2) is 8.42 Å². The third-order valence-electron chi connectivity index (χ3n) is 3.12. The summed E-state index contributed by atoms with van der Waals surface area (Å²) in [4.78, 5) is 23.9. The van der Waals surface area contributed by atoms with Crippen molar-refractivity contribution in [2.75, 3.05) is 18.6 Å². The normalized spacial score (nSPS) is 36.8. The number of aliphatic hydroxyl groups is 1. The fourth-order valence-electron chi connectivity index (χ4n) is 2.13. The average molecular weight is 262 g/mol.